The largest absolute Gasteiger partial charge is 0.478 e. The minimum absolute atomic E-state index is 0.0648. The number of carbonyl (C=O) groups is 2. The van der Waals surface area contributed by atoms with Crippen molar-refractivity contribution in [3.8, 4) is 22.5 Å². The van der Waals surface area contributed by atoms with Crippen molar-refractivity contribution in [2.24, 2.45) is 19.8 Å². The van der Waals surface area contributed by atoms with Gasteiger partial charge in [0.05, 0.1) is 68.4 Å². The number of carboxylic acid groups (broad SMARTS) is 1. The normalized spacial score (nSPS) is 15.0. The molecule has 2 aliphatic rings. The molecule has 0 saturated carbocycles. The van der Waals surface area contributed by atoms with E-state index in [2.05, 4.69) is 76.2 Å². The summed E-state index contributed by atoms with van der Waals surface area (Å²) in [5.74, 6) is -1.09. The molecule has 0 aromatic carbocycles. The van der Waals surface area contributed by atoms with Crippen LogP contribution in [0.25, 0.3) is 33.5 Å². The fourth-order valence-electron chi connectivity index (χ4n) is 10.6. The number of imidazole rings is 2. The summed E-state index contributed by atoms with van der Waals surface area (Å²) in [6, 6.07) is 11.8. The summed E-state index contributed by atoms with van der Waals surface area (Å²) in [7, 11) is 3.93. The van der Waals surface area contributed by atoms with Crippen LogP contribution in [-0.4, -0.2) is 117 Å². The lowest BCUT2D eigenvalue weighted by Gasteiger charge is -2.34. The van der Waals surface area contributed by atoms with E-state index in [9.17, 15) is 24.3 Å². The van der Waals surface area contributed by atoms with E-state index in [0.717, 1.165) is 105 Å². The van der Waals surface area contributed by atoms with E-state index in [4.69, 9.17) is 15.2 Å². The third kappa shape index (κ3) is 11.5. The zero-order valence-electron chi connectivity index (χ0n) is 44.7. The lowest BCUT2D eigenvalue weighted by molar-refractivity contribution is 0.0186. The number of aryl methyl sites for hydroxylation is 6. The Morgan fingerprint density at radius 1 is 0.667 bits per heavy atom. The SMILES string of the molecule is Cc1c(C(=O)O)cc2cc(-c3cncn3C)cn2c1C(C)N1CCOCC1.Cc1cc(C)c(CN)c(=O)[nH]1.Cc1cc(C)c(CNC(=O)c2cc3cc(-c4cncn4C)cn3c(C(C)N3CCOCC3)c2C)c(=O)[nH]1. The Morgan fingerprint density at radius 3 is 1.49 bits per heavy atom. The number of carboxylic acids is 1. The molecule has 10 heterocycles. The van der Waals surface area contributed by atoms with Crippen LogP contribution >= 0.6 is 0 Å². The molecular weight excluding hydrogens is 953 g/mol. The highest BCUT2D eigenvalue weighted by molar-refractivity contribution is 5.97. The van der Waals surface area contributed by atoms with E-state index in [0.29, 0.717) is 55.2 Å². The van der Waals surface area contributed by atoms with Gasteiger partial charge in [-0.05, 0) is 114 Å². The van der Waals surface area contributed by atoms with Crippen molar-refractivity contribution in [3.05, 3.63) is 162 Å². The molecule has 1 amide bonds. The summed E-state index contributed by atoms with van der Waals surface area (Å²) in [6.45, 7) is 22.4. The molecule has 0 radical (unpaired) electrons. The number of aromatic amines is 2. The summed E-state index contributed by atoms with van der Waals surface area (Å²) in [6.07, 6.45) is 11.4. The number of aromatic nitrogens is 8. The van der Waals surface area contributed by atoms with Gasteiger partial charge in [0.25, 0.3) is 17.0 Å². The second-order valence-electron chi connectivity index (χ2n) is 19.7. The van der Waals surface area contributed by atoms with Crippen LogP contribution in [0.4, 0.5) is 0 Å². The maximum Gasteiger partial charge on any atom is 0.336 e. The summed E-state index contributed by atoms with van der Waals surface area (Å²) >= 11 is 0. The van der Waals surface area contributed by atoms with Crippen molar-refractivity contribution in [2.45, 2.75) is 80.6 Å². The number of hydrogen-bond acceptors (Lipinski definition) is 11. The first kappa shape index (κ1) is 53.9. The van der Waals surface area contributed by atoms with Gasteiger partial charge in [-0.15, -0.1) is 0 Å². The van der Waals surface area contributed by atoms with Crippen LogP contribution in [0.15, 0.2) is 83.4 Å². The highest BCUT2D eigenvalue weighted by Gasteiger charge is 2.28. The fraction of sp³-hybridized carbons (Fsp3) is 0.393. The van der Waals surface area contributed by atoms with Gasteiger partial charge in [-0.2, -0.15) is 0 Å². The number of nitrogens with zero attached hydrogens (tertiary/aromatic N) is 8. The zero-order chi connectivity index (χ0) is 53.8. The molecule has 2 fully saturated rings. The number of pyridine rings is 4. The lowest BCUT2D eigenvalue weighted by atomic mass is 10.0. The number of aromatic carboxylic acids is 1. The summed E-state index contributed by atoms with van der Waals surface area (Å²) in [5, 5.41) is 12.7. The first-order valence-corrected chi connectivity index (χ1v) is 25.3. The Balaban J connectivity index is 0.000000171. The molecule has 19 nitrogen and oxygen atoms in total. The standard InChI is InChI=1S/C28H34N6O3.C20H24N4O3.C8H12N2O/c1-17-10-18(2)31-28(36)24(17)13-30-27(35)23-12-22-11-21(25-14-29-16-32(25)5)15-34(22)26(19(23)3)20(4)33-6-8-37-9-7-33;1-13-17(20(25)26)9-16-8-15(18-10-21-12-22(18)3)11-24(16)19(13)14(2)23-4-6-27-7-5-23;1-5-3-6(2)10-8(11)7(5)4-9/h10-12,14-16,20H,6-9,13H2,1-5H3,(H,30,35)(H,31,36);8-12,14H,4-7H2,1-3H3,(H,25,26);3H,4,9H2,1-2H3,(H,10,11). The van der Waals surface area contributed by atoms with Gasteiger partial charge in [-0.25, -0.2) is 14.8 Å². The van der Waals surface area contributed by atoms with Crippen LogP contribution in [0.1, 0.15) is 103 Å². The number of nitrogens with two attached hydrogens (primary N) is 1. The Labute approximate surface area is 436 Å². The number of fused-ring (bicyclic) bond motifs is 2. The molecule has 75 heavy (non-hydrogen) atoms. The van der Waals surface area contributed by atoms with Crippen LogP contribution in [0.2, 0.25) is 0 Å². The van der Waals surface area contributed by atoms with Crippen LogP contribution in [0.3, 0.4) is 0 Å². The van der Waals surface area contributed by atoms with Gasteiger partial charge in [0, 0.05) is 139 Å². The van der Waals surface area contributed by atoms with Crippen molar-refractivity contribution < 1.29 is 24.2 Å². The van der Waals surface area contributed by atoms with Gasteiger partial charge in [0.1, 0.15) is 0 Å². The van der Waals surface area contributed by atoms with Crippen LogP contribution < -0.4 is 22.2 Å². The molecule has 0 aliphatic carbocycles. The minimum Gasteiger partial charge on any atom is -0.478 e. The molecule has 8 aromatic heterocycles. The Morgan fingerprint density at radius 2 is 1.09 bits per heavy atom. The average molecular weight is 1020 g/mol. The first-order valence-electron chi connectivity index (χ1n) is 25.3. The number of morpholine rings is 2. The maximum absolute atomic E-state index is 13.5. The second-order valence-corrected chi connectivity index (χ2v) is 19.7. The van der Waals surface area contributed by atoms with E-state index in [1.807, 2.05) is 101 Å². The van der Waals surface area contributed by atoms with E-state index in [-0.39, 0.29) is 35.7 Å². The highest BCUT2D eigenvalue weighted by Crippen LogP contribution is 2.34. The first-order chi connectivity index (χ1) is 35.9. The van der Waals surface area contributed by atoms with E-state index in [1.165, 1.54) is 0 Å². The monoisotopic (exact) mass is 1020 g/mol. The van der Waals surface area contributed by atoms with Crippen LogP contribution in [-0.2, 0) is 36.7 Å². The predicted octanol–water partition coefficient (Wildman–Crippen LogP) is 6.47. The molecule has 2 atom stereocenters. The Bertz CT molecular complexity index is 3490. The van der Waals surface area contributed by atoms with Crippen molar-refractivity contribution in [1.82, 2.24) is 53.0 Å². The third-order valence-electron chi connectivity index (χ3n) is 14.7. The molecular formula is C56H70N12O7. The molecule has 2 saturated heterocycles. The number of carbonyl (C=O) groups excluding carboxylic acids is 1. The molecule has 0 spiro atoms. The number of H-pyrrole nitrogens is 2. The second kappa shape index (κ2) is 23.0. The van der Waals surface area contributed by atoms with Gasteiger partial charge in [-0.1, -0.05) is 0 Å². The number of hydrogen-bond donors (Lipinski definition) is 5. The van der Waals surface area contributed by atoms with E-state index >= 15 is 0 Å². The van der Waals surface area contributed by atoms with Gasteiger partial charge >= 0.3 is 5.97 Å². The minimum atomic E-state index is -0.895. The summed E-state index contributed by atoms with van der Waals surface area (Å²) < 4.78 is 19.3. The molecule has 396 valence electrons. The molecule has 2 aliphatic heterocycles. The Hall–Kier alpha value is -7.42. The molecule has 10 rings (SSSR count). The Kier molecular flexibility index (Phi) is 16.5. The molecule has 19 heteroatoms. The zero-order valence-corrected chi connectivity index (χ0v) is 44.7. The van der Waals surface area contributed by atoms with Crippen LogP contribution in [0.5, 0.6) is 0 Å². The lowest BCUT2D eigenvalue weighted by Crippen LogP contribution is -2.39. The number of ether oxygens (including phenoxy) is 2. The van der Waals surface area contributed by atoms with Crippen molar-refractivity contribution >= 4 is 22.9 Å². The third-order valence-corrected chi connectivity index (χ3v) is 14.7. The maximum atomic E-state index is 13.5. The summed E-state index contributed by atoms with van der Waals surface area (Å²) in [4.78, 5) is 67.8. The van der Waals surface area contributed by atoms with Crippen molar-refractivity contribution in [1.29, 1.82) is 0 Å². The smallest absolute Gasteiger partial charge is 0.336 e. The molecule has 8 aromatic rings. The highest BCUT2D eigenvalue weighted by atomic mass is 16.5. The van der Waals surface area contributed by atoms with Gasteiger partial charge < -0.3 is 53.5 Å². The predicted molar refractivity (Wildman–Crippen MR) is 289 cm³/mol. The van der Waals surface area contributed by atoms with Crippen LogP contribution in [0, 0.1) is 41.5 Å². The fourth-order valence-corrected chi connectivity index (χ4v) is 10.6. The number of nitrogens with one attached hydrogen (secondary N) is 3. The summed E-state index contributed by atoms with van der Waals surface area (Å²) in [5.41, 5.74) is 20.6. The molecule has 0 bridgehead atoms. The molecule has 6 N–H and O–H groups in total. The van der Waals surface area contributed by atoms with Gasteiger partial charge in [0.2, 0.25) is 0 Å². The average Bonchev–Trinajstić information content (AvgIpc) is 4.20. The van der Waals surface area contributed by atoms with Crippen molar-refractivity contribution in [3.63, 3.8) is 0 Å². The number of amides is 1. The van der Waals surface area contributed by atoms with Gasteiger partial charge in [-0.3, -0.25) is 24.2 Å². The number of rotatable bonds is 11. The molecule has 2 unspecified atom stereocenters. The topological polar surface area (TPSA) is 228 Å². The quantitative estimate of drug-likeness (QED) is 0.0940. The van der Waals surface area contributed by atoms with Gasteiger partial charge in [0.15, 0.2) is 0 Å². The van der Waals surface area contributed by atoms with E-state index < -0.39 is 5.97 Å². The van der Waals surface area contributed by atoms with E-state index in [1.54, 1.807) is 18.7 Å². The van der Waals surface area contributed by atoms with Crippen molar-refractivity contribution in [2.75, 3.05) is 52.6 Å².